The summed E-state index contributed by atoms with van der Waals surface area (Å²) in [5.74, 6) is -1.73. The van der Waals surface area contributed by atoms with E-state index in [1.165, 1.54) is 4.90 Å². The smallest absolute Gasteiger partial charge is 0.232 e. The molecule has 35 heavy (non-hydrogen) atoms. The van der Waals surface area contributed by atoms with Crippen molar-refractivity contribution in [1.82, 2.24) is 10.2 Å². The topological polar surface area (TPSA) is 113 Å². The van der Waals surface area contributed by atoms with Crippen molar-refractivity contribution in [2.24, 2.45) is 17.8 Å². The summed E-state index contributed by atoms with van der Waals surface area (Å²) in [6.45, 7) is 9.55. The molecule has 8 heteroatoms. The van der Waals surface area contributed by atoms with Crippen molar-refractivity contribution < 1.29 is 24.0 Å². The van der Waals surface area contributed by atoms with Crippen molar-refractivity contribution in [3.8, 4) is 0 Å². The van der Waals surface area contributed by atoms with Gasteiger partial charge in [0.1, 0.15) is 0 Å². The van der Waals surface area contributed by atoms with Crippen LogP contribution in [0.15, 0.2) is 24.3 Å². The third-order valence-electron chi connectivity index (χ3n) is 6.36. The molecule has 1 saturated heterocycles. The number of anilines is 1. The van der Waals surface area contributed by atoms with E-state index in [9.17, 15) is 24.0 Å². The minimum absolute atomic E-state index is 0.0388. The Morgan fingerprint density at radius 3 is 2.26 bits per heavy atom. The summed E-state index contributed by atoms with van der Waals surface area (Å²) < 4.78 is 0. The van der Waals surface area contributed by atoms with Gasteiger partial charge < -0.3 is 10.6 Å². The van der Waals surface area contributed by atoms with Crippen LogP contribution in [0, 0.1) is 24.7 Å². The monoisotopic (exact) mass is 485 g/mol. The lowest BCUT2D eigenvalue weighted by Gasteiger charge is -2.23. The zero-order valence-electron chi connectivity index (χ0n) is 21.6. The molecule has 8 nitrogen and oxygen atoms in total. The number of hydrogen-bond acceptors (Lipinski definition) is 5. The molecule has 0 radical (unpaired) electrons. The van der Waals surface area contributed by atoms with Gasteiger partial charge in [0.05, 0.1) is 6.04 Å². The number of nitrogens with one attached hydrogen (secondary N) is 2. The zero-order valence-corrected chi connectivity index (χ0v) is 21.6. The van der Waals surface area contributed by atoms with E-state index in [0.717, 1.165) is 5.56 Å². The van der Waals surface area contributed by atoms with Crippen LogP contribution in [0.3, 0.4) is 0 Å². The molecule has 2 rings (SSSR count). The summed E-state index contributed by atoms with van der Waals surface area (Å²) in [5, 5.41) is 5.66. The molecule has 1 aromatic rings. The van der Waals surface area contributed by atoms with Crippen molar-refractivity contribution in [3.63, 3.8) is 0 Å². The first-order chi connectivity index (χ1) is 16.5. The van der Waals surface area contributed by atoms with E-state index in [1.54, 1.807) is 13.8 Å². The van der Waals surface area contributed by atoms with Crippen LogP contribution < -0.4 is 10.6 Å². The number of likely N-dealkylation sites (tertiary alicyclic amines) is 1. The molecule has 1 aromatic carbocycles. The maximum atomic E-state index is 12.9. The van der Waals surface area contributed by atoms with Crippen LogP contribution in [0.2, 0.25) is 0 Å². The number of carbonyl (C=O) groups excluding carboxylic acids is 5. The molecule has 1 heterocycles. The largest absolute Gasteiger partial charge is 0.346 e. The first-order valence-corrected chi connectivity index (χ1v) is 12.5. The predicted molar refractivity (Wildman–Crippen MR) is 134 cm³/mol. The quantitative estimate of drug-likeness (QED) is 0.327. The number of Topliss-reactive ketones (excluding diaryl/α,β-unsaturated/α-hetero) is 1. The van der Waals surface area contributed by atoms with E-state index in [1.807, 2.05) is 45.0 Å². The van der Waals surface area contributed by atoms with Gasteiger partial charge in [0, 0.05) is 43.3 Å². The highest BCUT2D eigenvalue weighted by molar-refractivity contribution is 6.03. The highest BCUT2D eigenvalue weighted by Crippen LogP contribution is 2.19. The second-order valence-electron chi connectivity index (χ2n) is 10.0. The third-order valence-corrected chi connectivity index (χ3v) is 6.36. The Morgan fingerprint density at radius 2 is 1.69 bits per heavy atom. The van der Waals surface area contributed by atoms with E-state index in [4.69, 9.17) is 0 Å². The van der Waals surface area contributed by atoms with Gasteiger partial charge in [-0.15, -0.1) is 0 Å². The lowest BCUT2D eigenvalue weighted by Crippen LogP contribution is -2.45. The normalized spacial score (nSPS) is 17.4. The zero-order chi connectivity index (χ0) is 26.1. The van der Waals surface area contributed by atoms with Crippen LogP contribution in [-0.2, 0) is 24.0 Å². The SMILES string of the molecule is Cc1ccc(NC(=O)[C@H](C)CC(=O)[C@@H](NC(=O)CCCCCN2C(=O)CC(C)C2=O)C(C)C)cc1. The number of imide groups is 1. The van der Waals surface area contributed by atoms with Gasteiger partial charge in [0.15, 0.2) is 5.78 Å². The van der Waals surface area contributed by atoms with Gasteiger partial charge in [-0.2, -0.15) is 0 Å². The number of ketones is 1. The first-order valence-electron chi connectivity index (χ1n) is 12.5. The van der Waals surface area contributed by atoms with Gasteiger partial charge >= 0.3 is 0 Å². The molecule has 4 amide bonds. The maximum absolute atomic E-state index is 12.9. The fourth-order valence-electron chi connectivity index (χ4n) is 4.10. The number of benzene rings is 1. The Hall–Kier alpha value is -3.03. The molecule has 1 aliphatic heterocycles. The molecule has 0 spiro atoms. The number of rotatable bonds is 13. The van der Waals surface area contributed by atoms with E-state index in [-0.39, 0.29) is 60.5 Å². The lowest BCUT2D eigenvalue weighted by molar-refractivity contribution is -0.139. The average molecular weight is 486 g/mol. The maximum Gasteiger partial charge on any atom is 0.232 e. The fraction of sp³-hybridized carbons (Fsp3) is 0.593. The van der Waals surface area contributed by atoms with Crippen LogP contribution in [0.4, 0.5) is 5.69 Å². The summed E-state index contributed by atoms with van der Waals surface area (Å²) in [6, 6.07) is 6.79. The number of nitrogens with zero attached hydrogens (tertiary/aromatic N) is 1. The standard InChI is InChI=1S/C27H39N3O5/c1-17(2)25(22(31)15-19(4)26(34)28-21-12-10-18(3)11-13-21)29-23(32)9-7-6-8-14-30-24(33)16-20(5)27(30)35/h10-13,17,19-20,25H,6-9,14-16H2,1-5H3,(H,28,34)(H,29,32)/t19-,20?,25+/m1/s1. The molecule has 3 atom stereocenters. The molecule has 1 fully saturated rings. The summed E-state index contributed by atoms with van der Waals surface area (Å²) in [5.41, 5.74) is 1.77. The number of carbonyl (C=O) groups is 5. The number of hydrogen-bond donors (Lipinski definition) is 2. The minimum Gasteiger partial charge on any atom is -0.346 e. The highest BCUT2D eigenvalue weighted by Gasteiger charge is 2.34. The molecule has 192 valence electrons. The number of amides is 4. The Bertz CT molecular complexity index is 925. The molecule has 2 N–H and O–H groups in total. The molecule has 1 aliphatic rings. The molecular formula is C27H39N3O5. The number of unbranched alkanes of at least 4 members (excludes halogenated alkanes) is 2. The molecule has 0 bridgehead atoms. The van der Waals surface area contributed by atoms with Crippen molar-refractivity contribution in [2.75, 3.05) is 11.9 Å². The first kappa shape index (κ1) is 28.2. The van der Waals surface area contributed by atoms with Gasteiger partial charge in [0.25, 0.3) is 0 Å². The molecule has 0 aromatic heterocycles. The second kappa shape index (κ2) is 13.2. The minimum atomic E-state index is -0.654. The Morgan fingerprint density at radius 1 is 1.03 bits per heavy atom. The van der Waals surface area contributed by atoms with Gasteiger partial charge in [-0.1, -0.05) is 51.8 Å². The van der Waals surface area contributed by atoms with Crippen molar-refractivity contribution in [1.29, 1.82) is 0 Å². The Balaban J connectivity index is 1.74. The molecule has 0 saturated carbocycles. The summed E-state index contributed by atoms with van der Waals surface area (Å²) >= 11 is 0. The third kappa shape index (κ3) is 8.60. The lowest BCUT2D eigenvalue weighted by atomic mass is 9.92. The summed E-state index contributed by atoms with van der Waals surface area (Å²) in [4.78, 5) is 62.9. The van der Waals surface area contributed by atoms with Crippen molar-refractivity contribution >= 4 is 35.1 Å². The Kier molecular flexibility index (Phi) is 10.6. The summed E-state index contributed by atoms with van der Waals surface area (Å²) in [7, 11) is 0. The molecule has 0 aliphatic carbocycles. The Labute approximate surface area is 208 Å². The van der Waals surface area contributed by atoms with E-state index in [2.05, 4.69) is 10.6 Å². The highest BCUT2D eigenvalue weighted by atomic mass is 16.2. The number of aryl methyl sites for hydroxylation is 1. The summed E-state index contributed by atoms with van der Waals surface area (Å²) in [6.07, 6.45) is 2.53. The van der Waals surface area contributed by atoms with E-state index in [0.29, 0.717) is 31.5 Å². The van der Waals surface area contributed by atoms with E-state index >= 15 is 0 Å². The fourth-order valence-corrected chi connectivity index (χ4v) is 4.10. The van der Waals surface area contributed by atoms with Crippen LogP contribution in [0.25, 0.3) is 0 Å². The molecule has 1 unspecified atom stereocenters. The second-order valence-corrected chi connectivity index (χ2v) is 10.0. The predicted octanol–water partition coefficient (Wildman–Crippen LogP) is 3.63. The average Bonchev–Trinajstić information content (AvgIpc) is 3.04. The van der Waals surface area contributed by atoms with Gasteiger partial charge in [-0.25, -0.2) is 0 Å². The van der Waals surface area contributed by atoms with Crippen LogP contribution in [0.1, 0.15) is 71.8 Å². The molecular weight excluding hydrogens is 446 g/mol. The van der Waals surface area contributed by atoms with Crippen molar-refractivity contribution in [3.05, 3.63) is 29.8 Å². The van der Waals surface area contributed by atoms with Gasteiger partial charge in [-0.3, -0.25) is 28.9 Å². The van der Waals surface area contributed by atoms with Crippen LogP contribution in [-0.4, -0.2) is 46.9 Å². The van der Waals surface area contributed by atoms with Crippen molar-refractivity contribution in [2.45, 2.75) is 79.2 Å². The van der Waals surface area contributed by atoms with Gasteiger partial charge in [-0.05, 0) is 37.8 Å². The van der Waals surface area contributed by atoms with E-state index < -0.39 is 12.0 Å². The van der Waals surface area contributed by atoms with Crippen LogP contribution in [0.5, 0.6) is 0 Å². The van der Waals surface area contributed by atoms with Gasteiger partial charge in [0.2, 0.25) is 23.6 Å². The van der Waals surface area contributed by atoms with Crippen LogP contribution >= 0.6 is 0 Å².